The van der Waals surface area contributed by atoms with E-state index in [4.69, 9.17) is 9.16 Å². The molecule has 2 N–H and O–H groups in total. The van der Waals surface area contributed by atoms with Crippen molar-refractivity contribution in [2.75, 3.05) is 12.0 Å². The molecule has 3 aromatic carbocycles. The molecular weight excluding hydrogens is 524 g/mol. The van der Waals surface area contributed by atoms with E-state index in [0.717, 1.165) is 20.8 Å². The van der Waals surface area contributed by atoms with Crippen LogP contribution in [0.25, 0.3) is 0 Å². The average Bonchev–Trinajstić information content (AvgIpc) is 3.30. The lowest BCUT2D eigenvalue weighted by Crippen LogP contribution is -2.68. The Morgan fingerprint density at radius 1 is 0.975 bits per heavy atom. The third kappa shape index (κ3) is 4.35. The van der Waals surface area contributed by atoms with Gasteiger partial charge in [-0.1, -0.05) is 87.0 Å². The molecule has 2 unspecified atom stereocenters. The maximum Gasteiger partial charge on any atom is 0.414 e. The number of aliphatic hydroxyl groups is 1. The van der Waals surface area contributed by atoms with Crippen LogP contribution in [0.5, 0.6) is 11.5 Å². The number of rotatable bonds is 5. The summed E-state index contributed by atoms with van der Waals surface area (Å²) in [4.78, 5) is 28.6. The van der Waals surface area contributed by atoms with Gasteiger partial charge in [-0.05, 0) is 34.8 Å². The number of carbonyl (C=O) groups is 2. The van der Waals surface area contributed by atoms with Crippen LogP contribution in [0, 0.1) is 0 Å². The highest BCUT2D eigenvalue weighted by Crippen LogP contribution is 2.45. The fourth-order valence-electron chi connectivity index (χ4n) is 5.92. The van der Waals surface area contributed by atoms with E-state index in [1.807, 2.05) is 43.3 Å². The molecule has 0 spiro atoms. The Kier molecular flexibility index (Phi) is 6.97. The number of nitrogens with zero attached hydrogens (tertiary/aromatic N) is 2. The number of carboxylic acid groups (broad SMARTS) is 1. The minimum Gasteiger partial charge on any atom is -0.531 e. The van der Waals surface area contributed by atoms with Crippen molar-refractivity contribution >= 4 is 36.4 Å². The normalized spacial score (nSPS) is 18.9. The topological polar surface area (TPSA) is 99.5 Å². The largest absolute Gasteiger partial charge is 0.531 e. The van der Waals surface area contributed by atoms with Crippen molar-refractivity contribution in [1.82, 2.24) is 4.90 Å². The first-order valence-corrected chi connectivity index (χ1v) is 15.1. The Morgan fingerprint density at radius 2 is 1.55 bits per heavy atom. The number of anilines is 1. The third-order valence-electron chi connectivity index (χ3n) is 7.75. The first-order valence-electron chi connectivity index (χ1n) is 13.2. The summed E-state index contributed by atoms with van der Waals surface area (Å²) in [7, 11) is -1.63. The van der Waals surface area contributed by atoms with Gasteiger partial charge in [0.25, 0.3) is 5.91 Å². The molecule has 9 heteroatoms. The van der Waals surface area contributed by atoms with E-state index in [9.17, 15) is 19.8 Å². The molecule has 2 aliphatic rings. The summed E-state index contributed by atoms with van der Waals surface area (Å²) >= 11 is 0. The van der Waals surface area contributed by atoms with Gasteiger partial charge in [0.05, 0.1) is 24.4 Å². The molecule has 3 aromatic rings. The number of carbonyl (C=O) groups excluding carboxylic acids is 1. The molecule has 2 aliphatic heterocycles. The van der Waals surface area contributed by atoms with Gasteiger partial charge < -0.3 is 24.3 Å². The standard InChI is InChI=1S/C31H34N2O6Si/c1-20-16-25-29(35)33(30(36)37)24-18-27(26(38-5)17-23(24)28(34)32(25)19-20)39-40(31(2,3)4,21-12-8-6-9-13-21)22-14-10-7-11-15-22/h6-15,17-19,25,29,35H,16H2,1-5H3,(H,36,37). The molecule has 8 nitrogen and oxygen atoms in total. The molecule has 40 heavy (non-hydrogen) atoms. The molecule has 2 heterocycles. The van der Waals surface area contributed by atoms with Gasteiger partial charge in [0.2, 0.25) is 0 Å². The second kappa shape index (κ2) is 10.1. The lowest BCUT2D eigenvalue weighted by molar-refractivity contribution is 0.0573. The second-order valence-electron chi connectivity index (χ2n) is 11.3. The minimum atomic E-state index is -3.12. The Hall–Kier alpha value is -4.08. The SMILES string of the molecule is COc1cc2c(cc1O[Si](c1ccccc1)(c1ccccc1)C(C)(C)C)N(C(=O)O)C(O)C1CC(C)=CN1C2=O. The molecule has 0 bridgehead atoms. The molecule has 0 aromatic heterocycles. The van der Waals surface area contributed by atoms with E-state index < -0.39 is 32.6 Å². The zero-order valence-corrected chi connectivity index (χ0v) is 24.3. The molecule has 2 atom stereocenters. The van der Waals surface area contributed by atoms with E-state index in [1.165, 1.54) is 24.1 Å². The van der Waals surface area contributed by atoms with Gasteiger partial charge in [0, 0.05) is 12.3 Å². The van der Waals surface area contributed by atoms with Crippen molar-refractivity contribution in [3.05, 3.63) is 90.1 Å². The monoisotopic (exact) mass is 558 g/mol. The van der Waals surface area contributed by atoms with Crippen LogP contribution in [0.1, 0.15) is 44.5 Å². The summed E-state index contributed by atoms with van der Waals surface area (Å²) in [6.07, 6.45) is -0.794. The van der Waals surface area contributed by atoms with E-state index in [-0.39, 0.29) is 16.3 Å². The molecule has 2 amide bonds. The smallest absolute Gasteiger partial charge is 0.414 e. The summed E-state index contributed by atoms with van der Waals surface area (Å²) in [6, 6.07) is 22.4. The van der Waals surface area contributed by atoms with Gasteiger partial charge in [-0.15, -0.1) is 0 Å². The van der Waals surface area contributed by atoms with Crippen molar-refractivity contribution in [2.24, 2.45) is 0 Å². The number of methoxy groups -OCH3 is 1. The van der Waals surface area contributed by atoms with Gasteiger partial charge >= 0.3 is 14.4 Å². The average molecular weight is 559 g/mol. The fourth-order valence-corrected chi connectivity index (χ4v) is 10.3. The quantitative estimate of drug-likeness (QED) is 0.445. The first kappa shape index (κ1) is 27.5. The highest BCUT2D eigenvalue weighted by molar-refractivity contribution is 7.00. The number of ether oxygens (including phenoxy) is 1. The highest BCUT2D eigenvalue weighted by atomic mass is 28.4. The van der Waals surface area contributed by atoms with E-state index in [0.29, 0.717) is 17.9 Å². The van der Waals surface area contributed by atoms with Crippen molar-refractivity contribution in [2.45, 2.75) is 51.4 Å². The van der Waals surface area contributed by atoms with Crippen LogP contribution in [0.2, 0.25) is 5.04 Å². The van der Waals surface area contributed by atoms with Crippen LogP contribution in [-0.2, 0) is 0 Å². The zero-order chi connectivity index (χ0) is 28.8. The Morgan fingerprint density at radius 3 is 2.05 bits per heavy atom. The lowest BCUT2D eigenvalue weighted by Gasteiger charge is -2.43. The summed E-state index contributed by atoms with van der Waals surface area (Å²) in [5.41, 5.74) is 1.05. The molecule has 5 rings (SSSR count). The van der Waals surface area contributed by atoms with Gasteiger partial charge in [-0.3, -0.25) is 4.79 Å². The Labute approximate surface area is 235 Å². The minimum absolute atomic E-state index is 0.0548. The number of amides is 2. The van der Waals surface area contributed by atoms with Gasteiger partial charge in [0.1, 0.15) is 5.75 Å². The Balaban J connectivity index is 1.76. The van der Waals surface area contributed by atoms with Crippen molar-refractivity contribution in [3.8, 4) is 11.5 Å². The van der Waals surface area contributed by atoms with Gasteiger partial charge in [-0.2, -0.15) is 0 Å². The lowest BCUT2D eigenvalue weighted by atomic mass is 10.1. The molecule has 0 saturated heterocycles. The van der Waals surface area contributed by atoms with Crippen molar-refractivity contribution in [1.29, 1.82) is 0 Å². The third-order valence-corrected chi connectivity index (χ3v) is 12.7. The molecule has 0 fully saturated rings. The first-order chi connectivity index (χ1) is 19.0. The van der Waals surface area contributed by atoms with Crippen LogP contribution in [0.3, 0.4) is 0 Å². The second-order valence-corrected chi connectivity index (χ2v) is 15.5. The summed E-state index contributed by atoms with van der Waals surface area (Å²) in [5.74, 6) is 0.198. The van der Waals surface area contributed by atoms with Crippen LogP contribution in [0.4, 0.5) is 10.5 Å². The number of benzene rings is 3. The molecule has 0 saturated carbocycles. The zero-order valence-electron chi connectivity index (χ0n) is 23.3. The molecule has 0 aliphatic carbocycles. The molecule has 208 valence electrons. The van der Waals surface area contributed by atoms with Crippen LogP contribution in [-0.4, -0.2) is 54.8 Å². The van der Waals surface area contributed by atoms with E-state index in [1.54, 1.807) is 6.20 Å². The summed E-state index contributed by atoms with van der Waals surface area (Å²) in [6.45, 7) is 8.25. The van der Waals surface area contributed by atoms with Crippen LogP contribution < -0.4 is 24.4 Å². The highest BCUT2D eigenvalue weighted by Gasteiger charge is 2.53. The number of aliphatic hydroxyl groups excluding tert-OH is 1. The predicted molar refractivity (Wildman–Crippen MR) is 156 cm³/mol. The maximum atomic E-state index is 13.7. The molecular formula is C31H34N2O6Si. The van der Waals surface area contributed by atoms with Crippen LogP contribution >= 0.6 is 0 Å². The molecule has 0 radical (unpaired) electrons. The maximum absolute atomic E-state index is 13.7. The summed E-state index contributed by atoms with van der Waals surface area (Å²) in [5, 5.41) is 23.2. The fraction of sp³-hybridized carbons (Fsp3) is 0.290. The van der Waals surface area contributed by atoms with E-state index >= 15 is 0 Å². The number of fused-ring (bicyclic) bond motifs is 2. The van der Waals surface area contributed by atoms with Gasteiger partial charge in [-0.25, -0.2) is 9.69 Å². The predicted octanol–water partition coefficient (Wildman–Crippen LogP) is 4.57. The number of hydrogen-bond donors (Lipinski definition) is 2. The van der Waals surface area contributed by atoms with Gasteiger partial charge in [0.15, 0.2) is 12.0 Å². The van der Waals surface area contributed by atoms with E-state index in [2.05, 4.69) is 45.0 Å². The van der Waals surface area contributed by atoms with Crippen LogP contribution in [0.15, 0.2) is 84.6 Å². The van der Waals surface area contributed by atoms with Crippen molar-refractivity contribution < 1.29 is 29.0 Å². The Bertz CT molecular complexity index is 1430. The summed E-state index contributed by atoms with van der Waals surface area (Å²) < 4.78 is 12.9. The number of hydrogen-bond acceptors (Lipinski definition) is 5. The van der Waals surface area contributed by atoms with Crippen molar-refractivity contribution in [3.63, 3.8) is 0 Å².